The number of urea groups is 1. The highest BCUT2D eigenvalue weighted by Crippen LogP contribution is 2.42. The second-order valence-corrected chi connectivity index (χ2v) is 4.88. The molecule has 2 amide bonds. The fourth-order valence-electron chi connectivity index (χ4n) is 1.29. The summed E-state index contributed by atoms with van der Waals surface area (Å²) in [5.41, 5.74) is 7.73. The zero-order valence-electron chi connectivity index (χ0n) is 10.4. The van der Waals surface area contributed by atoms with E-state index in [1.54, 1.807) is 13.2 Å². The first kappa shape index (κ1) is 15.8. The van der Waals surface area contributed by atoms with E-state index in [0.717, 1.165) is 4.47 Å². The SMILES string of the molecule is CCOc1c(OC)cc(C=NNC(N)=O)c(Br)c1Br. The first-order chi connectivity index (χ1) is 9.01. The van der Waals surface area contributed by atoms with Crippen molar-refractivity contribution in [2.75, 3.05) is 13.7 Å². The fraction of sp³-hybridized carbons (Fsp3) is 0.273. The molecule has 0 saturated carbocycles. The van der Waals surface area contributed by atoms with Gasteiger partial charge in [0.15, 0.2) is 11.5 Å². The van der Waals surface area contributed by atoms with Gasteiger partial charge in [0.2, 0.25) is 0 Å². The fourth-order valence-corrected chi connectivity index (χ4v) is 2.23. The first-order valence-corrected chi connectivity index (χ1v) is 6.87. The van der Waals surface area contributed by atoms with E-state index in [2.05, 4.69) is 42.4 Å². The summed E-state index contributed by atoms with van der Waals surface area (Å²) in [4.78, 5) is 10.5. The van der Waals surface area contributed by atoms with Gasteiger partial charge in [-0.3, -0.25) is 0 Å². The molecule has 0 aliphatic rings. The van der Waals surface area contributed by atoms with Crippen LogP contribution in [-0.4, -0.2) is 26.0 Å². The number of rotatable bonds is 5. The topological polar surface area (TPSA) is 85.9 Å². The van der Waals surface area contributed by atoms with Crippen molar-refractivity contribution in [3.8, 4) is 11.5 Å². The van der Waals surface area contributed by atoms with E-state index in [0.29, 0.717) is 28.1 Å². The van der Waals surface area contributed by atoms with Crippen LogP contribution >= 0.6 is 31.9 Å². The van der Waals surface area contributed by atoms with E-state index >= 15 is 0 Å². The molecule has 0 radical (unpaired) electrons. The average Bonchev–Trinajstić information content (AvgIpc) is 2.37. The van der Waals surface area contributed by atoms with Gasteiger partial charge in [-0.2, -0.15) is 5.10 Å². The van der Waals surface area contributed by atoms with E-state index in [9.17, 15) is 4.79 Å². The Bertz CT molecular complexity index is 506. The number of halogens is 2. The van der Waals surface area contributed by atoms with E-state index < -0.39 is 6.03 Å². The molecule has 6 nitrogen and oxygen atoms in total. The molecule has 1 aromatic carbocycles. The molecule has 0 atom stereocenters. The number of carbonyl (C=O) groups is 1. The number of benzene rings is 1. The molecule has 0 unspecified atom stereocenters. The predicted molar refractivity (Wildman–Crippen MR) is 79.9 cm³/mol. The van der Waals surface area contributed by atoms with Crippen LogP contribution in [0.4, 0.5) is 4.79 Å². The lowest BCUT2D eigenvalue weighted by Crippen LogP contribution is -2.24. The molecule has 0 aliphatic carbocycles. The monoisotopic (exact) mass is 393 g/mol. The normalized spacial score (nSPS) is 10.5. The van der Waals surface area contributed by atoms with Crippen molar-refractivity contribution < 1.29 is 14.3 Å². The average molecular weight is 395 g/mol. The van der Waals surface area contributed by atoms with Crippen molar-refractivity contribution >= 4 is 44.1 Å². The van der Waals surface area contributed by atoms with Gasteiger partial charge in [-0.05, 0) is 44.8 Å². The maximum absolute atomic E-state index is 10.5. The second kappa shape index (κ2) is 7.34. The van der Waals surface area contributed by atoms with Gasteiger partial charge in [0.05, 0.1) is 24.4 Å². The number of hydrogen-bond donors (Lipinski definition) is 2. The van der Waals surface area contributed by atoms with E-state index in [4.69, 9.17) is 15.2 Å². The highest BCUT2D eigenvalue weighted by Gasteiger charge is 2.15. The molecule has 0 heterocycles. The van der Waals surface area contributed by atoms with Gasteiger partial charge < -0.3 is 15.2 Å². The van der Waals surface area contributed by atoms with Gasteiger partial charge >= 0.3 is 6.03 Å². The van der Waals surface area contributed by atoms with Crippen LogP contribution in [0.2, 0.25) is 0 Å². The lowest BCUT2D eigenvalue weighted by atomic mass is 10.2. The Labute approximate surface area is 127 Å². The summed E-state index contributed by atoms with van der Waals surface area (Å²) in [5.74, 6) is 1.15. The third kappa shape index (κ3) is 4.10. The molecule has 19 heavy (non-hydrogen) atoms. The van der Waals surface area contributed by atoms with Crippen LogP contribution in [0.25, 0.3) is 0 Å². The highest BCUT2D eigenvalue weighted by atomic mass is 79.9. The number of methoxy groups -OCH3 is 1. The molecule has 0 saturated heterocycles. The van der Waals surface area contributed by atoms with Crippen LogP contribution in [-0.2, 0) is 0 Å². The lowest BCUT2D eigenvalue weighted by molar-refractivity contribution is 0.249. The summed E-state index contributed by atoms with van der Waals surface area (Å²) in [5, 5.41) is 3.70. The summed E-state index contributed by atoms with van der Waals surface area (Å²) in [7, 11) is 1.54. The van der Waals surface area contributed by atoms with Crippen LogP contribution in [0, 0.1) is 0 Å². The summed E-state index contributed by atoms with van der Waals surface area (Å²) in [6.07, 6.45) is 1.44. The second-order valence-electron chi connectivity index (χ2n) is 3.29. The van der Waals surface area contributed by atoms with Crippen molar-refractivity contribution in [1.82, 2.24) is 5.43 Å². The minimum Gasteiger partial charge on any atom is -0.493 e. The van der Waals surface area contributed by atoms with Crippen molar-refractivity contribution in [3.63, 3.8) is 0 Å². The predicted octanol–water partition coefficient (Wildman–Crippen LogP) is 2.62. The quantitative estimate of drug-likeness (QED) is 0.594. The number of nitrogens with two attached hydrogens (primary N) is 1. The Hall–Kier alpha value is -1.28. The number of amides is 2. The van der Waals surface area contributed by atoms with E-state index in [1.165, 1.54) is 6.21 Å². The molecule has 3 N–H and O–H groups in total. The molecule has 8 heteroatoms. The van der Waals surface area contributed by atoms with Gasteiger partial charge in [0.1, 0.15) is 0 Å². The Kier molecular flexibility index (Phi) is 6.10. The van der Waals surface area contributed by atoms with Gasteiger partial charge in [0.25, 0.3) is 0 Å². The summed E-state index contributed by atoms with van der Waals surface area (Å²) >= 11 is 6.83. The number of hydrazone groups is 1. The lowest BCUT2D eigenvalue weighted by Gasteiger charge is -2.14. The number of ether oxygens (including phenoxy) is 2. The molecular formula is C11H13Br2N3O3. The van der Waals surface area contributed by atoms with Crippen molar-refractivity contribution in [3.05, 3.63) is 20.6 Å². The number of primary amides is 1. The zero-order valence-corrected chi connectivity index (χ0v) is 13.5. The smallest absolute Gasteiger partial charge is 0.332 e. The number of nitrogens with zero attached hydrogens (tertiary/aromatic N) is 1. The van der Waals surface area contributed by atoms with Crippen LogP contribution in [0.3, 0.4) is 0 Å². The third-order valence-electron chi connectivity index (χ3n) is 2.04. The Morgan fingerprint density at radius 3 is 2.74 bits per heavy atom. The number of nitrogens with one attached hydrogen (secondary N) is 1. The van der Waals surface area contributed by atoms with Gasteiger partial charge in [0, 0.05) is 10.0 Å². The van der Waals surface area contributed by atoms with Crippen LogP contribution < -0.4 is 20.6 Å². The maximum Gasteiger partial charge on any atom is 0.332 e. The molecule has 0 bridgehead atoms. The summed E-state index contributed by atoms with van der Waals surface area (Å²) in [6, 6.07) is 0.996. The first-order valence-electron chi connectivity index (χ1n) is 5.28. The van der Waals surface area contributed by atoms with E-state index in [1.807, 2.05) is 6.92 Å². The Balaban J connectivity index is 3.17. The van der Waals surface area contributed by atoms with Crippen LogP contribution in [0.15, 0.2) is 20.1 Å². The Morgan fingerprint density at radius 2 is 2.21 bits per heavy atom. The summed E-state index contributed by atoms with van der Waals surface area (Å²) < 4.78 is 12.2. The van der Waals surface area contributed by atoms with Gasteiger partial charge in [-0.15, -0.1) is 0 Å². The zero-order chi connectivity index (χ0) is 14.4. The van der Waals surface area contributed by atoms with Gasteiger partial charge in [-0.1, -0.05) is 0 Å². The molecule has 0 spiro atoms. The molecule has 0 aliphatic heterocycles. The molecule has 1 aromatic rings. The molecule has 0 aromatic heterocycles. The van der Waals surface area contributed by atoms with Gasteiger partial charge in [-0.25, -0.2) is 10.2 Å². The Morgan fingerprint density at radius 1 is 1.53 bits per heavy atom. The standard InChI is InChI=1S/C11H13Br2N3O3/c1-3-19-10-7(18-2)4-6(8(12)9(10)13)5-15-16-11(14)17/h4-5H,3H2,1-2H3,(H3,14,16,17). The molecular weight excluding hydrogens is 382 g/mol. The minimum absolute atomic E-state index is 0.512. The number of carbonyl (C=O) groups excluding carboxylic acids is 1. The highest BCUT2D eigenvalue weighted by molar-refractivity contribution is 9.13. The molecule has 104 valence electrons. The van der Waals surface area contributed by atoms with Crippen molar-refractivity contribution in [1.29, 1.82) is 0 Å². The van der Waals surface area contributed by atoms with Crippen LogP contribution in [0.5, 0.6) is 11.5 Å². The summed E-state index contributed by atoms with van der Waals surface area (Å²) in [6.45, 7) is 2.39. The van der Waals surface area contributed by atoms with Crippen LogP contribution in [0.1, 0.15) is 12.5 Å². The largest absolute Gasteiger partial charge is 0.493 e. The third-order valence-corrected chi connectivity index (χ3v) is 4.19. The van der Waals surface area contributed by atoms with E-state index in [-0.39, 0.29) is 0 Å². The van der Waals surface area contributed by atoms with Crippen molar-refractivity contribution in [2.24, 2.45) is 10.8 Å². The minimum atomic E-state index is -0.732. The molecule has 0 fully saturated rings. The molecule has 1 rings (SSSR count). The maximum atomic E-state index is 10.5. The number of hydrogen-bond acceptors (Lipinski definition) is 4. The van der Waals surface area contributed by atoms with Crippen molar-refractivity contribution in [2.45, 2.75) is 6.92 Å².